The van der Waals surface area contributed by atoms with Crippen LogP contribution in [0, 0.1) is 196 Å². The Kier molecular flexibility index (Phi) is 17.8. The minimum Gasteiger partial charge on any atom is -0.342 e. The third kappa shape index (κ3) is 9.34. The molecule has 15 aromatic rings. The van der Waals surface area contributed by atoms with Crippen molar-refractivity contribution in [3.63, 3.8) is 0 Å². The van der Waals surface area contributed by atoms with Gasteiger partial charge in [-0.15, -0.1) is 0 Å². The summed E-state index contributed by atoms with van der Waals surface area (Å²) in [5.74, 6) is 1.79. The quantitative estimate of drug-likeness (QED) is 0.151. The molecule has 125 heavy (non-hydrogen) atoms. The SMILES string of the molecule is Cc1c(C)c(C)c2c(c1C)c1c3c(c4c5c(C)c(C)c(C)c(C)c5n(C)c4c1n2C)C(C)N(C)C3C.Cc1c(C)c(C)c2c(c1C)c1c3c(c4c5c(C)c(C)c(C)c(C)c5n5c4c1n2C1(C)OC5(C)C(C)C(C)CC1C)C(C)N(C)C3C.Cc1c(C)c(C)c2c(c1C)c1c3c(c4c5c(C)c(C)c(C)c(C)c5n5c4c1n2C1(C)OC5(C)C(C)C1C)C(C)N(C)C3C. The Bertz CT molecular complexity index is 7340. The lowest BCUT2D eigenvalue weighted by atomic mass is 9.81. The molecule has 658 valence electrons. The molecule has 6 aromatic heterocycles. The third-order valence-electron chi connectivity index (χ3n) is 39.7. The van der Waals surface area contributed by atoms with Gasteiger partial charge in [0.1, 0.15) is 22.9 Å². The van der Waals surface area contributed by atoms with Gasteiger partial charge in [-0.1, -0.05) is 34.6 Å². The van der Waals surface area contributed by atoms with E-state index in [2.05, 4.69) is 347 Å². The summed E-state index contributed by atoms with van der Waals surface area (Å²) < 4.78 is 31.7. The maximum absolute atomic E-state index is 7.99. The van der Waals surface area contributed by atoms with Crippen LogP contribution in [0.2, 0.25) is 0 Å². The predicted octanol–water partition coefficient (Wildman–Crippen LogP) is 29.7. The zero-order chi connectivity index (χ0) is 90.8. The zero-order valence-corrected chi connectivity index (χ0v) is 84.9. The van der Waals surface area contributed by atoms with Crippen LogP contribution in [-0.2, 0) is 46.5 Å². The predicted molar refractivity (Wildman–Crippen MR) is 534 cm³/mol. The Morgan fingerprint density at radius 3 is 0.608 bits per heavy atom. The van der Waals surface area contributed by atoms with E-state index in [0.717, 1.165) is 6.42 Å². The first-order valence-corrected chi connectivity index (χ1v) is 47.9. The molecule has 22 rings (SSSR count). The number of ether oxygens (including phenoxy) is 2. The number of fused-ring (bicyclic) bond motifs is 36. The summed E-state index contributed by atoms with van der Waals surface area (Å²) in [5, 5.41) is 17.6. The number of rotatable bonds is 0. The lowest BCUT2D eigenvalue weighted by Gasteiger charge is -2.44. The van der Waals surface area contributed by atoms with Crippen molar-refractivity contribution in [1.82, 2.24) is 42.1 Å². The molecule has 4 bridgehead atoms. The minimum absolute atomic E-state index is 0.311. The lowest BCUT2D eigenvalue weighted by Crippen LogP contribution is -2.47. The highest BCUT2D eigenvalue weighted by Crippen LogP contribution is 2.67. The molecule has 13 heterocycles. The van der Waals surface area contributed by atoms with Crippen LogP contribution in [0.1, 0.15) is 313 Å². The van der Waals surface area contributed by atoms with Gasteiger partial charge in [0.25, 0.3) is 0 Å². The summed E-state index contributed by atoms with van der Waals surface area (Å²) in [5.41, 5.74) is 58.0. The van der Waals surface area contributed by atoms with Crippen molar-refractivity contribution in [3.8, 4) is 0 Å². The average Bonchev–Trinajstić information content (AvgIpc) is 1.47. The molecular weight excluding hydrogens is 1530 g/mol. The molecule has 11 heteroatoms. The maximum Gasteiger partial charge on any atom is 0.148 e. The van der Waals surface area contributed by atoms with Crippen molar-refractivity contribution in [1.29, 1.82) is 0 Å². The molecule has 11 nitrogen and oxygen atoms in total. The number of hydrogen-bond donors (Lipinski definition) is 0. The van der Waals surface area contributed by atoms with Crippen LogP contribution in [0.15, 0.2) is 0 Å². The first kappa shape index (κ1) is 84.7. The molecule has 0 radical (unpaired) electrons. The van der Waals surface area contributed by atoms with E-state index >= 15 is 0 Å². The Balaban J connectivity index is 0.000000119. The summed E-state index contributed by atoms with van der Waals surface area (Å²) in [6.07, 6.45) is 1.13. The average molecular weight is 1670 g/mol. The van der Waals surface area contributed by atoms with E-state index in [-0.39, 0.29) is 0 Å². The summed E-state index contributed by atoms with van der Waals surface area (Å²) in [7, 11) is 11.6. The van der Waals surface area contributed by atoms with Gasteiger partial charge in [0.2, 0.25) is 0 Å². The van der Waals surface area contributed by atoms with Gasteiger partial charge < -0.3 is 36.9 Å². The molecule has 7 aliphatic heterocycles. The van der Waals surface area contributed by atoms with Crippen LogP contribution in [0.3, 0.4) is 0 Å². The lowest BCUT2D eigenvalue weighted by molar-refractivity contribution is -0.244. The number of nitrogens with zero attached hydrogens (tertiary/aromatic N) is 9. The first-order valence-electron chi connectivity index (χ1n) is 47.9. The van der Waals surface area contributed by atoms with E-state index in [1.807, 2.05) is 0 Å². The topological polar surface area (TPSA) is 57.8 Å². The molecule has 2 saturated heterocycles. The van der Waals surface area contributed by atoms with Crippen LogP contribution < -0.4 is 0 Å². The fourth-order valence-electron chi connectivity index (χ4n) is 28.8. The Morgan fingerprint density at radius 1 is 0.200 bits per heavy atom. The van der Waals surface area contributed by atoms with Crippen LogP contribution in [0.4, 0.5) is 0 Å². The van der Waals surface area contributed by atoms with E-state index in [4.69, 9.17) is 9.47 Å². The molecule has 15 unspecified atom stereocenters. The van der Waals surface area contributed by atoms with Gasteiger partial charge in [-0.05, 0) is 436 Å². The van der Waals surface area contributed by atoms with Crippen molar-refractivity contribution in [2.75, 3.05) is 21.1 Å². The third-order valence-corrected chi connectivity index (χ3v) is 39.7. The van der Waals surface area contributed by atoms with E-state index in [1.165, 1.54) is 281 Å². The van der Waals surface area contributed by atoms with E-state index in [0.29, 0.717) is 65.8 Å². The highest BCUT2D eigenvalue weighted by atomic mass is 16.6. The maximum atomic E-state index is 7.99. The molecule has 0 spiro atoms. The van der Waals surface area contributed by atoms with E-state index < -0.39 is 22.9 Å². The Labute approximate surface area is 745 Å². The number of aromatic nitrogens is 6. The van der Waals surface area contributed by atoms with Gasteiger partial charge in [0.15, 0.2) is 0 Å². The molecule has 0 saturated carbocycles. The number of hydrogen-bond acceptors (Lipinski definition) is 5. The summed E-state index contributed by atoms with van der Waals surface area (Å²) in [6, 6.07) is 2.01. The van der Waals surface area contributed by atoms with Gasteiger partial charge >= 0.3 is 0 Å². The summed E-state index contributed by atoms with van der Waals surface area (Å²) in [6.45, 7) is 92.6. The summed E-state index contributed by atoms with van der Waals surface area (Å²) >= 11 is 0. The number of benzene rings is 9. The molecular formula is C114H145N9O2. The smallest absolute Gasteiger partial charge is 0.148 e. The summed E-state index contributed by atoms with van der Waals surface area (Å²) in [4.78, 5) is 7.80. The fourth-order valence-corrected chi connectivity index (χ4v) is 28.8. The fraction of sp³-hybridized carbons (Fsp3) is 0.526. The molecule has 9 aromatic carbocycles. The van der Waals surface area contributed by atoms with Gasteiger partial charge in [-0.3, -0.25) is 14.7 Å². The first-order chi connectivity index (χ1) is 58.3. The zero-order valence-electron chi connectivity index (χ0n) is 84.9. The number of aryl methyl sites for hydroxylation is 14. The van der Waals surface area contributed by atoms with Crippen molar-refractivity contribution < 1.29 is 9.47 Å². The van der Waals surface area contributed by atoms with Crippen LogP contribution in [0.5, 0.6) is 0 Å². The Hall–Kier alpha value is -8.42. The van der Waals surface area contributed by atoms with Crippen molar-refractivity contribution in [3.05, 3.63) is 167 Å². The standard InChI is InChI=1S/C42H55N3O.C39H49N3O.C33H41N3/c1-18-17-19(2)41(14)44-37-26(9)22(5)20(3)24(7)31(37)35-33-29(12)43(16)30(13)34(33)36-32-25(8)21(4)23(6)27(10)38(32)45(40(36)39(35)44)42(15,46-41)28(18)11;1-16-18(3)22(7)34-28(20(16)5)32-30-26(11)40(15)27(12)31(30)33-29-21(6)17(2)19(4)23(8)35(29)42-37(33)36(32)41(34)38(13)24(9)25(10)39(42,14)43-38;1-14-16(3)20(7)30-24(18(14)5)28-26-22(9)34(11)23(10)27(26)29-25-19(6)15(2)17(4)21(8)31(25)36(13)33(29)32(28)35(30)12/h18-19,28-30H,17H2,1-16H3;24-27H,1-15H3;22-23H,1-13H3. The van der Waals surface area contributed by atoms with E-state index in [9.17, 15) is 0 Å². The highest BCUT2D eigenvalue weighted by Gasteiger charge is 2.62. The monoisotopic (exact) mass is 1670 g/mol. The van der Waals surface area contributed by atoms with Crippen molar-refractivity contribution in [2.24, 2.45) is 43.7 Å². The van der Waals surface area contributed by atoms with Gasteiger partial charge in [-0.2, -0.15) is 0 Å². The Morgan fingerprint density at radius 2 is 0.376 bits per heavy atom. The normalized spacial score (nSPS) is 27.2. The van der Waals surface area contributed by atoms with Crippen LogP contribution in [-0.4, -0.2) is 63.2 Å². The van der Waals surface area contributed by atoms with E-state index in [1.54, 1.807) is 16.7 Å². The van der Waals surface area contributed by atoms with Crippen molar-refractivity contribution >= 4 is 131 Å². The second kappa shape index (κ2) is 26.2. The second-order valence-corrected chi connectivity index (χ2v) is 43.6. The van der Waals surface area contributed by atoms with Crippen LogP contribution in [0.25, 0.3) is 131 Å². The largest absolute Gasteiger partial charge is 0.342 e. The van der Waals surface area contributed by atoms with Crippen LogP contribution >= 0.6 is 0 Å². The molecule has 0 aliphatic carbocycles. The van der Waals surface area contributed by atoms with Gasteiger partial charge in [0, 0.05) is 139 Å². The molecule has 15 atom stereocenters. The minimum atomic E-state index is -0.535. The van der Waals surface area contributed by atoms with Crippen molar-refractivity contribution in [2.45, 2.75) is 336 Å². The molecule has 0 N–H and O–H groups in total. The van der Waals surface area contributed by atoms with Gasteiger partial charge in [-0.25, -0.2) is 0 Å². The molecule has 2 fully saturated rings. The molecule has 7 aliphatic rings. The molecule has 0 amide bonds. The highest BCUT2D eigenvalue weighted by molar-refractivity contribution is 6.31. The second-order valence-electron chi connectivity index (χ2n) is 43.6. The van der Waals surface area contributed by atoms with Gasteiger partial charge in [0.05, 0.1) is 66.2 Å².